The zero-order valence-corrected chi connectivity index (χ0v) is 22.8. The van der Waals surface area contributed by atoms with Crippen molar-refractivity contribution in [2.45, 2.75) is 36.3 Å². The molecule has 1 atom stereocenters. The number of nitrogens with one attached hydrogen (secondary N) is 1. The minimum Gasteiger partial charge on any atom is -0.493 e. The van der Waals surface area contributed by atoms with E-state index >= 15 is 0 Å². The number of carbonyl (C=O) groups excluding carboxylic acids is 2. The van der Waals surface area contributed by atoms with Gasteiger partial charge in [-0.15, -0.1) is 0 Å². The fourth-order valence-electron chi connectivity index (χ4n) is 3.85. The highest BCUT2D eigenvalue weighted by atomic mass is 32.2. The van der Waals surface area contributed by atoms with E-state index in [1.807, 2.05) is 18.2 Å². The van der Waals surface area contributed by atoms with Crippen molar-refractivity contribution in [3.63, 3.8) is 0 Å². The number of aryl methyl sites for hydroxylation is 1. The SMILES string of the molecule is CCCc1cc(OCCCOc2ccc(C3SC(=O)NC3=O)cc2)ccc1Oc1ccc(S(C)(=O)=O)cc1. The van der Waals surface area contributed by atoms with E-state index in [9.17, 15) is 18.0 Å². The first-order valence-corrected chi connectivity index (χ1v) is 15.0. The Balaban J connectivity index is 1.26. The van der Waals surface area contributed by atoms with Crippen LogP contribution in [0.5, 0.6) is 23.0 Å². The van der Waals surface area contributed by atoms with Gasteiger partial charge in [-0.25, -0.2) is 8.42 Å². The Morgan fingerprint density at radius 1 is 0.868 bits per heavy atom. The number of hydrogen-bond acceptors (Lipinski definition) is 8. The highest BCUT2D eigenvalue weighted by molar-refractivity contribution is 8.15. The van der Waals surface area contributed by atoms with Crippen LogP contribution in [0.2, 0.25) is 0 Å². The number of sulfone groups is 1. The van der Waals surface area contributed by atoms with Crippen molar-refractivity contribution in [1.82, 2.24) is 5.32 Å². The van der Waals surface area contributed by atoms with E-state index in [4.69, 9.17) is 14.2 Å². The largest absolute Gasteiger partial charge is 0.493 e. The maximum atomic E-state index is 11.8. The Kier molecular flexibility index (Phi) is 8.96. The topological polar surface area (TPSA) is 108 Å². The minimum atomic E-state index is -3.26. The second-order valence-electron chi connectivity index (χ2n) is 8.76. The molecule has 200 valence electrons. The molecule has 1 unspecified atom stereocenters. The summed E-state index contributed by atoms with van der Waals surface area (Å²) in [6.45, 7) is 3.02. The van der Waals surface area contributed by atoms with Crippen LogP contribution in [0.1, 0.15) is 36.1 Å². The molecule has 2 amide bonds. The van der Waals surface area contributed by atoms with Gasteiger partial charge in [0.1, 0.15) is 28.2 Å². The molecule has 1 fully saturated rings. The fourth-order valence-corrected chi connectivity index (χ4v) is 5.31. The molecule has 0 bridgehead atoms. The number of thioether (sulfide) groups is 1. The highest BCUT2D eigenvalue weighted by Gasteiger charge is 2.32. The third kappa shape index (κ3) is 7.29. The molecule has 1 saturated heterocycles. The Morgan fingerprint density at radius 3 is 2.11 bits per heavy atom. The fraction of sp³-hybridized carbons (Fsp3) is 0.286. The van der Waals surface area contributed by atoms with Crippen LogP contribution in [0.4, 0.5) is 4.79 Å². The third-order valence-corrected chi connectivity index (χ3v) is 7.89. The number of ether oxygens (including phenoxy) is 3. The van der Waals surface area contributed by atoms with Gasteiger partial charge in [0.15, 0.2) is 9.84 Å². The first-order chi connectivity index (χ1) is 18.2. The molecule has 0 aromatic heterocycles. The zero-order chi connectivity index (χ0) is 27.1. The van der Waals surface area contributed by atoms with Crippen molar-refractivity contribution in [2.24, 2.45) is 0 Å². The predicted molar refractivity (Wildman–Crippen MR) is 146 cm³/mol. The molecule has 38 heavy (non-hydrogen) atoms. The molecule has 0 saturated carbocycles. The molecule has 3 aromatic carbocycles. The van der Waals surface area contributed by atoms with E-state index in [1.165, 1.54) is 18.4 Å². The molecule has 1 aliphatic rings. The summed E-state index contributed by atoms with van der Waals surface area (Å²) < 4.78 is 41.0. The van der Waals surface area contributed by atoms with Crippen molar-refractivity contribution in [2.75, 3.05) is 19.5 Å². The lowest BCUT2D eigenvalue weighted by atomic mass is 10.1. The molecule has 1 aliphatic heterocycles. The van der Waals surface area contributed by atoms with Crippen LogP contribution >= 0.6 is 11.8 Å². The van der Waals surface area contributed by atoms with Gasteiger partial charge in [-0.1, -0.05) is 25.5 Å². The lowest BCUT2D eigenvalue weighted by Crippen LogP contribution is -2.20. The minimum absolute atomic E-state index is 0.248. The molecule has 8 nitrogen and oxygen atoms in total. The van der Waals surface area contributed by atoms with Crippen LogP contribution in [0.15, 0.2) is 71.6 Å². The lowest BCUT2D eigenvalue weighted by Gasteiger charge is -2.14. The molecular formula is C28H29NO7S2. The van der Waals surface area contributed by atoms with Gasteiger partial charge in [0.25, 0.3) is 5.24 Å². The van der Waals surface area contributed by atoms with Crippen LogP contribution in [0, 0.1) is 0 Å². The van der Waals surface area contributed by atoms with Crippen LogP contribution in [0.25, 0.3) is 0 Å². The van der Waals surface area contributed by atoms with E-state index in [-0.39, 0.29) is 16.0 Å². The summed E-state index contributed by atoms with van der Waals surface area (Å²) in [5, 5.41) is 1.44. The summed E-state index contributed by atoms with van der Waals surface area (Å²) in [6.07, 6.45) is 3.58. The molecular weight excluding hydrogens is 526 g/mol. The maximum Gasteiger partial charge on any atom is 0.286 e. The molecule has 4 rings (SSSR count). The molecule has 1 heterocycles. The van der Waals surface area contributed by atoms with Crippen LogP contribution in [-0.4, -0.2) is 39.0 Å². The summed E-state index contributed by atoms with van der Waals surface area (Å²) in [7, 11) is -3.26. The van der Waals surface area contributed by atoms with Gasteiger partial charge < -0.3 is 14.2 Å². The smallest absolute Gasteiger partial charge is 0.286 e. The molecule has 3 aromatic rings. The standard InChI is InChI=1S/C28H29NO7S2/c1-3-5-20-18-23(12-15-25(20)36-22-10-13-24(14-11-22)38(2,32)33)35-17-4-16-34-21-8-6-19(7-9-21)26-27(30)29-28(31)37-26/h6-15,18,26H,3-5,16-17H2,1-2H3,(H,29,30,31). The molecule has 10 heteroatoms. The average molecular weight is 556 g/mol. The van der Waals surface area contributed by atoms with Gasteiger partial charge in [-0.3, -0.25) is 14.9 Å². The van der Waals surface area contributed by atoms with Gasteiger partial charge in [0.2, 0.25) is 5.91 Å². The summed E-state index contributed by atoms with van der Waals surface area (Å²) in [6, 6.07) is 19.2. The number of imide groups is 1. The summed E-state index contributed by atoms with van der Waals surface area (Å²) >= 11 is 0.976. The predicted octanol–water partition coefficient (Wildman–Crippen LogP) is 5.71. The summed E-state index contributed by atoms with van der Waals surface area (Å²) in [4.78, 5) is 23.4. The van der Waals surface area contributed by atoms with Gasteiger partial charge in [0.05, 0.1) is 18.1 Å². The normalized spacial score (nSPS) is 15.3. The molecule has 0 radical (unpaired) electrons. The first kappa shape index (κ1) is 27.5. The quantitative estimate of drug-likeness (QED) is 0.283. The van der Waals surface area contributed by atoms with E-state index in [2.05, 4.69) is 12.2 Å². The van der Waals surface area contributed by atoms with Crippen LogP contribution in [0.3, 0.4) is 0 Å². The van der Waals surface area contributed by atoms with Crippen molar-refractivity contribution >= 4 is 32.7 Å². The number of carbonyl (C=O) groups is 2. The molecule has 0 aliphatic carbocycles. The first-order valence-electron chi connectivity index (χ1n) is 12.2. The number of hydrogen-bond donors (Lipinski definition) is 1. The highest BCUT2D eigenvalue weighted by Crippen LogP contribution is 2.35. The van der Waals surface area contributed by atoms with E-state index in [0.717, 1.165) is 41.5 Å². The average Bonchev–Trinajstić information content (AvgIpc) is 3.23. The van der Waals surface area contributed by atoms with Gasteiger partial charge in [-0.05, 0) is 83.9 Å². The van der Waals surface area contributed by atoms with E-state index < -0.39 is 15.1 Å². The second-order valence-corrected chi connectivity index (χ2v) is 11.9. The lowest BCUT2D eigenvalue weighted by molar-refractivity contribution is -0.119. The van der Waals surface area contributed by atoms with E-state index in [1.54, 1.807) is 36.4 Å². The Bertz CT molecular complexity index is 1390. The van der Waals surface area contributed by atoms with Gasteiger partial charge in [0, 0.05) is 12.7 Å². The Hall–Kier alpha value is -3.50. The monoisotopic (exact) mass is 555 g/mol. The van der Waals surface area contributed by atoms with Gasteiger partial charge >= 0.3 is 0 Å². The Labute approximate surface area is 226 Å². The Morgan fingerprint density at radius 2 is 1.50 bits per heavy atom. The van der Waals surface area contributed by atoms with Crippen molar-refractivity contribution in [3.05, 3.63) is 77.9 Å². The van der Waals surface area contributed by atoms with Crippen LogP contribution in [-0.2, 0) is 21.1 Å². The second kappa shape index (κ2) is 12.4. The summed E-state index contributed by atoms with van der Waals surface area (Å²) in [5.74, 6) is 2.39. The summed E-state index contributed by atoms with van der Waals surface area (Å²) in [5.41, 5.74) is 1.76. The van der Waals surface area contributed by atoms with E-state index in [0.29, 0.717) is 36.9 Å². The van der Waals surface area contributed by atoms with Crippen LogP contribution < -0.4 is 19.5 Å². The molecule has 1 N–H and O–H groups in total. The third-order valence-electron chi connectivity index (χ3n) is 5.73. The van der Waals surface area contributed by atoms with Crippen molar-refractivity contribution in [1.29, 1.82) is 0 Å². The number of amides is 2. The molecule has 0 spiro atoms. The van der Waals surface area contributed by atoms with Gasteiger partial charge in [-0.2, -0.15) is 0 Å². The maximum absolute atomic E-state index is 11.8. The van der Waals surface area contributed by atoms with Crippen molar-refractivity contribution < 1.29 is 32.2 Å². The number of rotatable bonds is 12. The zero-order valence-electron chi connectivity index (χ0n) is 21.1. The van der Waals surface area contributed by atoms with Crippen molar-refractivity contribution in [3.8, 4) is 23.0 Å². The number of benzene rings is 3.